The molecule has 1 aromatic carbocycles. The van der Waals surface area contributed by atoms with Gasteiger partial charge in [0.1, 0.15) is 0 Å². The standard InChI is InChI=1S/C15H16F3N3O3/c16-15(17,18)13-5-6-21(19-13)12-3-1-11(2-4-12)14(24)20(7-9-22)8-10-23/h1-6,22-23H,7-10H2. The lowest BCUT2D eigenvalue weighted by molar-refractivity contribution is -0.141. The summed E-state index contributed by atoms with van der Waals surface area (Å²) in [6.07, 6.45) is -3.33. The lowest BCUT2D eigenvalue weighted by atomic mass is 10.2. The molecule has 1 amide bonds. The van der Waals surface area contributed by atoms with Crippen molar-refractivity contribution in [2.75, 3.05) is 26.3 Å². The van der Waals surface area contributed by atoms with Crippen LogP contribution in [-0.4, -0.2) is 57.1 Å². The highest BCUT2D eigenvalue weighted by molar-refractivity contribution is 5.94. The van der Waals surface area contributed by atoms with Crippen LogP contribution in [0.15, 0.2) is 36.5 Å². The van der Waals surface area contributed by atoms with E-state index in [1.54, 1.807) is 0 Å². The smallest absolute Gasteiger partial charge is 0.395 e. The summed E-state index contributed by atoms with van der Waals surface area (Å²) in [5.74, 6) is -0.388. The number of aromatic nitrogens is 2. The van der Waals surface area contributed by atoms with Gasteiger partial charge in [0.2, 0.25) is 0 Å². The van der Waals surface area contributed by atoms with E-state index < -0.39 is 11.9 Å². The first-order valence-electron chi connectivity index (χ1n) is 7.11. The topological polar surface area (TPSA) is 78.6 Å². The third-order valence-corrected chi connectivity index (χ3v) is 3.29. The number of hydrogen-bond donors (Lipinski definition) is 2. The summed E-state index contributed by atoms with van der Waals surface area (Å²) in [6.45, 7) is -0.320. The van der Waals surface area contributed by atoms with Gasteiger partial charge in [0.15, 0.2) is 5.69 Å². The van der Waals surface area contributed by atoms with Crippen molar-refractivity contribution in [3.05, 3.63) is 47.8 Å². The van der Waals surface area contributed by atoms with Crippen LogP contribution in [0.1, 0.15) is 16.1 Å². The summed E-state index contributed by atoms with van der Waals surface area (Å²) in [5.41, 5.74) is -0.332. The highest BCUT2D eigenvalue weighted by Gasteiger charge is 2.33. The molecule has 0 saturated heterocycles. The molecule has 0 bridgehead atoms. The van der Waals surface area contributed by atoms with Gasteiger partial charge in [0.25, 0.3) is 5.91 Å². The maximum atomic E-state index is 12.6. The molecule has 0 radical (unpaired) electrons. The molecule has 9 heteroatoms. The van der Waals surface area contributed by atoms with Crippen LogP contribution >= 0.6 is 0 Å². The second-order valence-electron chi connectivity index (χ2n) is 4.93. The molecule has 0 atom stereocenters. The molecule has 24 heavy (non-hydrogen) atoms. The van der Waals surface area contributed by atoms with E-state index in [1.165, 1.54) is 35.4 Å². The number of benzene rings is 1. The van der Waals surface area contributed by atoms with Crippen LogP contribution in [0, 0.1) is 0 Å². The van der Waals surface area contributed by atoms with Crippen molar-refractivity contribution in [3.8, 4) is 5.69 Å². The molecule has 2 aromatic rings. The molecule has 130 valence electrons. The van der Waals surface area contributed by atoms with Crippen LogP contribution in [0.4, 0.5) is 13.2 Å². The molecular formula is C15H16F3N3O3. The van der Waals surface area contributed by atoms with Gasteiger partial charge in [-0.05, 0) is 30.3 Å². The Morgan fingerprint density at radius 3 is 2.12 bits per heavy atom. The summed E-state index contributed by atoms with van der Waals surface area (Å²) in [4.78, 5) is 13.5. The molecular weight excluding hydrogens is 327 g/mol. The van der Waals surface area contributed by atoms with Crippen LogP contribution in [-0.2, 0) is 6.18 Å². The highest BCUT2D eigenvalue weighted by atomic mass is 19.4. The van der Waals surface area contributed by atoms with Crippen LogP contribution in [0.2, 0.25) is 0 Å². The lowest BCUT2D eigenvalue weighted by Gasteiger charge is -2.20. The maximum absolute atomic E-state index is 12.6. The van der Waals surface area contributed by atoms with Crippen LogP contribution in [0.5, 0.6) is 0 Å². The molecule has 0 unspecified atom stereocenters. The number of alkyl halides is 3. The predicted molar refractivity (Wildman–Crippen MR) is 78.6 cm³/mol. The van der Waals surface area contributed by atoms with Gasteiger partial charge in [-0.2, -0.15) is 18.3 Å². The van der Waals surface area contributed by atoms with Crippen molar-refractivity contribution in [2.45, 2.75) is 6.18 Å². The Balaban J connectivity index is 2.18. The van der Waals surface area contributed by atoms with Crippen molar-refractivity contribution >= 4 is 5.91 Å². The monoisotopic (exact) mass is 343 g/mol. The number of rotatable bonds is 6. The van der Waals surface area contributed by atoms with E-state index in [9.17, 15) is 18.0 Å². The van der Waals surface area contributed by atoms with E-state index in [2.05, 4.69) is 5.10 Å². The summed E-state index contributed by atoms with van der Waals surface area (Å²) < 4.78 is 38.7. The minimum atomic E-state index is -4.52. The van der Waals surface area contributed by atoms with Gasteiger partial charge in [-0.3, -0.25) is 4.79 Å². The SMILES string of the molecule is O=C(c1ccc(-n2ccc(C(F)(F)F)n2)cc1)N(CCO)CCO. The maximum Gasteiger partial charge on any atom is 0.435 e. The molecule has 2 rings (SSSR count). The molecule has 0 fully saturated rings. The molecule has 0 spiro atoms. The molecule has 0 aliphatic rings. The molecule has 1 heterocycles. The Morgan fingerprint density at radius 1 is 1.08 bits per heavy atom. The van der Waals surface area contributed by atoms with Crippen LogP contribution in [0.25, 0.3) is 5.69 Å². The largest absolute Gasteiger partial charge is 0.435 e. The fourth-order valence-corrected chi connectivity index (χ4v) is 2.11. The minimum absolute atomic E-state index is 0.0786. The Bertz CT molecular complexity index is 677. The van der Waals surface area contributed by atoms with Gasteiger partial charge in [-0.25, -0.2) is 4.68 Å². The number of nitrogens with zero attached hydrogens (tertiary/aromatic N) is 3. The third kappa shape index (κ3) is 4.12. The van der Waals surface area contributed by atoms with Crippen molar-refractivity contribution < 1.29 is 28.2 Å². The van der Waals surface area contributed by atoms with Crippen molar-refractivity contribution in [1.29, 1.82) is 0 Å². The minimum Gasteiger partial charge on any atom is -0.395 e. The fraction of sp³-hybridized carbons (Fsp3) is 0.333. The van der Waals surface area contributed by atoms with Gasteiger partial charge in [-0.15, -0.1) is 0 Å². The zero-order valence-corrected chi connectivity index (χ0v) is 12.6. The first-order valence-corrected chi connectivity index (χ1v) is 7.11. The second-order valence-corrected chi connectivity index (χ2v) is 4.93. The average Bonchev–Trinajstić information content (AvgIpc) is 3.04. The number of aliphatic hydroxyl groups excluding tert-OH is 2. The van der Waals surface area contributed by atoms with Crippen molar-refractivity contribution in [1.82, 2.24) is 14.7 Å². The number of carbonyl (C=O) groups excluding carboxylic acids is 1. The average molecular weight is 343 g/mol. The van der Waals surface area contributed by atoms with Gasteiger partial charge in [-0.1, -0.05) is 0 Å². The Morgan fingerprint density at radius 2 is 1.67 bits per heavy atom. The van der Waals surface area contributed by atoms with E-state index in [1.807, 2.05) is 0 Å². The molecule has 2 N–H and O–H groups in total. The molecule has 0 aliphatic heterocycles. The summed E-state index contributed by atoms with van der Waals surface area (Å²) in [5, 5.41) is 21.3. The summed E-state index contributed by atoms with van der Waals surface area (Å²) >= 11 is 0. The molecule has 0 saturated carbocycles. The van der Waals surface area contributed by atoms with Gasteiger partial charge < -0.3 is 15.1 Å². The number of aliphatic hydroxyl groups is 2. The number of carbonyl (C=O) groups is 1. The van der Waals surface area contributed by atoms with Gasteiger partial charge in [0, 0.05) is 24.8 Å². The van der Waals surface area contributed by atoms with Crippen molar-refractivity contribution in [3.63, 3.8) is 0 Å². The first kappa shape index (κ1) is 18.0. The zero-order valence-electron chi connectivity index (χ0n) is 12.6. The van der Waals surface area contributed by atoms with E-state index in [0.29, 0.717) is 11.3 Å². The van der Waals surface area contributed by atoms with Gasteiger partial charge in [0.05, 0.1) is 18.9 Å². The zero-order chi connectivity index (χ0) is 17.7. The van der Waals surface area contributed by atoms with E-state index in [-0.39, 0.29) is 32.2 Å². The van der Waals surface area contributed by atoms with E-state index in [4.69, 9.17) is 10.2 Å². The fourth-order valence-electron chi connectivity index (χ4n) is 2.11. The van der Waals surface area contributed by atoms with E-state index in [0.717, 1.165) is 10.7 Å². The number of halogens is 3. The lowest BCUT2D eigenvalue weighted by Crippen LogP contribution is -2.35. The molecule has 6 nitrogen and oxygen atoms in total. The number of amides is 1. The van der Waals surface area contributed by atoms with Crippen molar-refractivity contribution in [2.24, 2.45) is 0 Å². The Labute approximate surface area is 135 Å². The quantitative estimate of drug-likeness (QED) is 0.829. The molecule has 0 aliphatic carbocycles. The summed E-state index contributed by atoms with van der Waals surface area (Å²) in [6, 6.07) is 6.71. The highest BCUT2D eigenvalue weighted by Crippen LogP contribution is 2.27. The molecule has 1 aromatic heterocycles. The van der Waals surface area contributed by atoms with Gasteiger partial charge >= 0.3 is 6.18 Å². The predicted octanol–water partition coefficient (Wildman–Crippen LogP) is 1.32. The first-order chi connectivity index (χ1) is 11.4. The van der Waals surface area contributed by atoms with E-state index >= 15 is 0 Å². The second kappa shape index (κ2) is 7.45. The van der Waals surface area contributed by atoms with Crippen LogP contribution < -0.4 is 0 Å². The number of hydrogen-bond acceptors (Lipinski definition) is 4. The normalized spacial score (nSPS) is 11.5. The Hall–Kier alpha value is -2.39. The van der Waals surface area contributed by atoms with Crippen LogP contribution in [0.3, 0.4) is 0 Å². The Kier molecular flexibility index (Phi) is 5.58. The summed E-state index contributed by atoms with van der Waals surface area (Å²) in [7, 11) is 0. The third-order valence-electron chi connectivity index (χ3n) is 3.29.